The monoisotopic (exact) mass is 341 g/mol. The molecular formula is C16H19N7O2. The number of H-pyrrole nitrogens is 2. The Bertz CT molecular complexity index is 1250. The Hall–Kier alpha value is -3.10. The minimum Gasteiger partial charge on any atom is -0.293 e. The molecule has 0 saturated heterocycles. The van der Waals surface area contributed by atoms with E-state index >= 15 is 0 Å². The standard InChI is InChI=1S/C16H19N7O2/c1-7(2)23-14-11(15(24)20-23)10(9-6-21(4)19-8(9)3)12-13(17-14)18-16(25)22(12)5/h6-7H,1-5H3,(H,20,24)(H,17,18,25). The second-order valence-electron chi connectivity index (χ2n) is 6.58. The van der Waals surface area contributed by atoms with Crippen LogP contribution in [0.3, 0.4) is 0 Å². The Labute approximate surface area is 141 Å². The molecular weight excluding hydrogens is 322 g/mol. The molecule has 0 unspecified atom stereocenters. The molecule has 0 fully saturated rings. The van der Waals surface area contributed by atoms with Crippen molar-refractivity contribution in [2.24, 2.45) is 14.1 Å². The van der Waals surface area contributed by atoms with Crippen LogP contribution >= 0.6 is 0 Å². The molecule has 0 aliphatic carbocycles. The zero-order chi connectivity index (χ0) is 18.0. The first-order valence-corrected chi connectivity index (χ1v) is 8.03. The molecule has 0 aliphatic heterocycles. The van der Waals surface area contributed by atoms with Gasteiger partial charge >= 0.3 is 5.69 Å². The van der Waals surface area contributed by atoms with Gasteiger partial charge in [-0.1, -0.05) is 0 Å². The molecule has 0 spiro atoms. The van der Waals surface area contributed by atoms with Gasteiger partial charge in [-0.2, -0.15) is 5.10 Å². The molecule has 9 nitrogen and oxygen atoms in total. The lowest BCUT2D eigenvalue weighted by atomic mass is 10.0. The Morgan fingerprint density at radius 1 is 1.20 bits per heavy atom. The maximum atomic E-state index is 12.7. The van der Waals surface area contributed by atoms with Crippen LogP contribution in [0.2, 0.25) is 0 Å². The van der Waals surface area contributed by atoms with Crippen molar-refractivity contribution in [1.82, 2.24) is 34.1 Å². The molecule has 0 radical (unpaired) electrons. The van der Waals surface area contributed by atoms with E-state index in [1.807, 2.05) is 34.0 Å². The summed E-state index contributed by atoms with van der Waals surface area (Å²) in [6.45, 7) is 5.81. The second kappa shape index (κ2) is 4.95. The van der Waals surface area contributed by atoms with Crippen molar-refractivity contribution < 1.29 is 0 Å². The summed E-state index contributed by atoms with van der Waals surface area (Å²) in [6.07, 6.45) is 1.85. The average Bonchev–Trinajstić information content (AvgIpc) is 3.13. The highest BCUT2D eigenvalue weighted by Gasteiger charge is 2.24. The van der Waals surface area contributed by atoms with Crippen molar-refractivity contribution >= 4 is 22.2 Å². The van der Waals surface area contributed by atoms with Gasteiger partial charge in [-0.05, 0) is 20.8 Å². The zero-order valence-corrected chi connectivity index (χ0v) is 14.7. The van der Waals surface area contributed by atoms with E-state index in [4.69, 9.17) is 0 Å². The Kier molecular flexibility index (Phi) is 3.05. The third-order valence-corrected chi connectivity index (χ3v) is 4.49. The third-order valence-electron chi connectivity index (χ3n) is 4.49. The SMILES string of the molecule is Cc1nn(C)cc1-c1c2c(=O)[nH]n(C(C)C)c2nc2[nH]c(=O)n(C)c12. The zero-order valence-electron chi connectivity index (χ0n) is 14.7. The van der Waals surface area contributed by atoms with Crippen LogP contribution in [0, 0.1) is 6.92 Å². The molecule has 4 aromatic heterocycles. The van der Waals surface area contributed by atoms with Gasteiger partial charge in [0.05, 0.1) is 16.6 Å². The van der Waals surface area contributed by atoms with Crippen LogP contribution in [0.5, 0.6) is 0 Å². The fraction of sp³-hybridized carbons (Fsp3) is 0.375. The van der Waals surface area contributed by atoms with E-state index in [0.717, 1.165) is 11.3 Å². The van der Waals surface area contributed by atoms with E-state index in [1.165, 1.54) is 4.57 Å². The number of imidazole rings is 1. The van der Waals surface area contributed by atoms with E-state index in [2.05, 4.69) is 20.2 Å². The fourth-order valence-electron chi connectivity index (χ4n) is 3.35. The van der Waals surface area contributed by atoms with Gasteiger partial charge in [0, 0.05) is 37.5 Å². The average molecular weight is 341 g/mol. The highest BCUT2D eigenvalue weighted by molar-refractivity contribution is 6.06. The van der Waals surface area contributed by atoms with Gasteiger partial charge in [-0.25, -0.2) is 9.78 Å². The summed E-state index contributed by atoms with van der Waals surface area (Å²) in [5.74, 6) is 0. The first kappa shape index (κ1) is 15.4. The van der Waals surface area contributed by atoms with Crippen molar-refractivity contribution in [1.29, 1.82) is 0 Å². The maximum Gasteiger partial charge on any atom is 0.327 e. The van der Waals surface area contributed by atoms with E-state index in [-0.39, 0.29) is 17.3 Å². The van der Waals surface area contributed by atoms with Crippen LogP contribution in [-0.2, 0) is 14.1 Å². The van der Waals surface area contributed by atoms with Crippen molar-refractivity contribution in [3.63, 3.8) is 0 Å². The van der Waals surface area contributed by atoms with Gasteiger partial charge in [-0.15, -0.1) is 0 Å². The molecule has 4 rings (SSSR count). The van der Waals surface area contributed by atoms with Crippen LogP contribution in [0.4, 0.5) is 0 Å². The molecule has 0 aromatic carbocycles. The van der Waals surface area contributed by atoms with Crippen LogP contribution in [0.15, 0.2) is 15.8 Å². The number of hydrogen-bond acceptors (Lipinski definition) is 4. The van der Waals surface area contributed by atoms with E-state index < -0.39 is 0 Å². The van der Waals surface area contributed by atoms with Crippen molar-refractivity contribution in [2.45, 2.75) is 26.8 Å². The van der Waals surface area contributed by atoms with Crippen LogP contribution in [0.25, 0.3) is 33.3 Å². The molecule has 0 amide bonds. The van der Waals surface area contributed by atoms with Gasteiger partial charge in [0.25, 0.3) is 5.56 Å². The number of rotatable bonds is 2. The minimum absolute atomic E-state index is 0.0217. The normalized spacial score (nSPS) is 12.1. The molecule has 2 N–H and O–H groups in total. The van der Waals surface area contributed by atoms with Crippen molar-refractivity contribution in [3.8, 4) is 11.1 Å². The molecule has 0 atom stereocenters. The van der Waals surface area contributed by atoms with Gasteiger partial charge in [-0.3, -0.25) is 28.8 Å². The molecule has 25 heavy (non-hydrogen) atoms. The number of aromatic amines is 2. The number of fused-ring (bicyclic) bond motifs is 2. The first-order valence-electron chi connectivity index (χ1n) is 8.03. The van der Waals surface area contributed by atoms with Crippen LogP contribution in [0.1, 0.15) is 25.6 Å². The summed E-state index contributed by atoms with van der Waals surface area (Å²) in [6, 6.07) is 0.0217. The molecule has 0 bridgehead atoms. The molecule has 4 aromatic rings. The van der Waals surface area contributed by atoms with Gasteiger partial charge in [0.15, 0.2) is 11.3 Å². The van der Waals surface area contributed by atoms with Crippen molar-refractivity contribution in [3.05, 3.63) is 32.7 Å². The first-order chi connectivity index (χ1) is 11.8. The van der Waals surface area contributed by atoms with E-state index in [0.29, 0.717) is 27.8 Å². The molecule has 4 heterocycles. The third kappa shape index (κ3) is 2.01. The lowest BCUT2D eigenvalue weighted by Crippen LogP contribution is -2.12. The highest BCUT2D eigenvalue weighted by Crippen LogP contribution is 2.34. The van der Waals surface area contributed by atoms with E-state index in [1.54, 1.807) is 16.4 Å². The van der Waals surface area contributed by atoms with Crippen LogP contribution in [-0.4, -0.2) is 34.1 Å². The lowest BCUT2D eigenvalue weighted by molar-refractivity contribution is 0.542. The summed E-state index contributed by atoms with van der Waals surface area (Å²) in [4.78, 5) is 32.2. The number of nitrogens with zero attached hydrogens (tertiary/aromatic N) is 5. The minimum atomic E-state index is -0.273. The molecule has 0 aliphatic rings. The van der Waals surface area contributed by atoms with Gasteiger partial charge in [0.2, 0.25) is 0 Å². The number of hydrogen-bond donors (Lipinski definition) is 2. The number of aryl methyl sites for hydroxylation is 3. The lowest BCUT2D eigenvalue weighted by Gasteiger charge is -2.09. The summed E-state index contributed by atoms with van der Waals surface area (Å²) in [5, 5.41) is 7.71. The predicted molar refractivity (Wildman–Crippen MR) is 94.8 cm³/mol. The summed E-state index contributed by atoms with van der Waals surface area (Å²) < 4.78 is 4.90. The summed E-state index contributed by atoms with van der Waals surface area (Å²) in [5.41, 5.74) is 3.32. The predicted octanol–water partition coefficient (Wildman–Crippen LogP) is 1.19. The smallest absolute Gasteiger partial charge is 0.293 e. The quantitative estimate of drug-likeness (QED) is 0.571. The Balaban J connectivity index is 2.33. The number of nitrogens with one attached hydrogen (secondary N) is 2. The molecule has 0 saturated carbocycles. The number of aromatic nitrogens is 7. The summed E-state index contributed by atoms with van der Waals surface area (Å²) in [7, 11) is 3.49. The Morgan fingerprint density at radius 3 is 2.52 bits per heavy atom. The van der Waals surface area contributed by atoms with Gasteiger partial charge in [0.1, 0.15) is 0 Å². The summed E-state index contributed by atoms with van der Waals surface area (Å²) >= 11 is 0. The van der Waals surface area contributed by atoms with Crippen molar-refractivity contribution in [2.75, 3.05) is 0 Å². The second-order valence-corrected chi connectivity index (χ2v) is 6.58. The largest absolute Gasteiger partial charge is 0.327 e. The highest BCUT2D eigenvalue weighted by atomic mass is 16.1. The van der Waals surface area contributed by atoms with E-state index in [9.17, 15) is 9.59 Å². The molecule has 9 heteroatoms. The number of pyridine rings is 1. The maximum absolute atomic E-state index is 12.7. The topological polar surface area (TPSA) is 106 Å². The Morgan fingerprint density at radius 2 is 1.92 bits per heavy atom. The fourth-order valence-corrected chi connectivity index (χ4v) is 3.35. The molecule has 130 valence electrons. The van der Waals surface area contributed by atoms with Gasteiger partial charge < -0.3 is 0 Å². The van der Waals surface area contributed by atoms with Crippen LogP contribution < -0.4 is 11.2 Å².